The predicted octanol–water partition coefficient (Wildman–Crippen LogP) is 3.28. The maximum absolute atomic E-state index is 12.8. The molecule has 2 bridgehead atoms. The molecule has 0 saturated carbocycles. The van der Waals surface area contributed by atoms with Gasteiger partial charge in [-0.3, -0.25) is 18.8 Å². The van der Waals surface area contributed by atoms with Crippen molar-refractivity contribution in [1.82, 2.24) is 23.6 Å². The summed E-state index contributed by atoms with van der Waals surface area (Å²) >= 11 is 0. The van der Waals surface area contributed by atoms with E-state index >= 15 is 0 Å². The van der Waals surface area contributed by atoms with Crippen LogP contribution in [0, 0.1) is 0 Å². The van der Waals surface area contributed by atoms with Crippen LogP contribution < -0.4 is 11.2 Å². The summed E-state index contributed by atoms with van der Waals surface area (Å²) in [5.41, 5.74) is 2.87. The van der Waals surface area contributed by atoms with Gasteiger partial charge in [0.1, 0.15) is 0 Å². The molecule has 198 valence electrons. The van der Waals surface area contributed by atoms with Crippen LogP contribution in [-0.2, 0) is 25.4 Å². The maximum atomic E-state index is 12.8. The van der Waals surface area contributed by atoms with E-state index in [9.17, 15) is 9.59 Å². The van der Waals surface area contributed by atoms with Gasteiger partial charge in [-0.15, -0.1) is 0 Å². The number of hydrogen-bond donors (Lipinski definition) is 0. The Morgan fingerprint density at radius 1 is 0.868 bits per heavy atom. The highest BCUT2D eigenvalue weighted by atomic mass is 16.5. The van der Waals surface area contributed by atoms with E-state index in [1.165, 1.54) is 35.6 Å². The van der Waals surface area contributed by atoms with Crippen molar-refractivity contribution in [3.8, 4) is 0 Å². The minimum Gasteiger partial charge on any atom is -0.377 e. The molecule has 2 aromatic heterocycles. The van der Waals surface area contributed by atoms with Crippen molar-refractivity contribution in [2.45, 2.75) is 56.3 Å². The summed E-state index contributed by atoms with van der Waals surface area (Å²) in [7, 11) is 3.18. The quantitative estimate of drug-likeness (QED) is 0.362. The molecule has 2 atom stereocenters. The Kier molecular flexibility index (Phi) is 6.76. The number of piperidine rings is 1. The zero-order valence-electron chi connectivity index (χ0n) is 22.1. The molecule has 38 heavy (non-hydrogen) atoms. The van der Waals surface area contributed by atoms with E-state index in [0.29, 0.717) is 36.4 Å². The molecule has 0 amide bonds. The number of nitrogens with zero attached hydrogens (tertiary/aromatic N) is 5. The van der Waals surface area contributed by atoms with E-state index in [-0.39, 0.29) is 23.3 Å². The lowest BCUT2D eigenvalue weighted by atomic mass is 9.92. The molecule has 0 N–H and O–H groups in total. The summed E-state index contributed by atoms with van der Waals surface area (Å²) in [6.45, 7) is 2.21. The molecular formula is C30H35N5O3. The fourth-order valence-corrected chi connectivity index (χ4v) is 6.50. The summed E-state index contributed by atoms with van der Waals surface area (Å²) in [4.78, 5) is 32.0. The highest BCUT2D eigenvalue weighted by Gasteiger charge is 2.41. The maximum Gasteiger partial charge on any atom is 0.332 e. The third kappa shape index (κ3) is 4.52. The highest BCUT2D eigenvalue weighted by Crippen LogP contribution is 2.37. The van der Waals surface area contributed by atoms with E-state index in [2.05, 4.69) is 70.5 Å². The van der Waals surface area contributed by atoms with E-state index in [1.807, 2.05) is 4.57 Å². The monoisotopic (exact) mass is 513 g/mol. The van der Waals surface area contributed by atoms with E-state index < -0.39 is 0 Å². The minimum atomic E-state index is -0.352. The first kappa shape index (κ1) is 24.8. The largest absolute Gasteiger partial charge is 0.377 e. The van der Waals surface area contributed by atoms with Crippen LogP contribution in [0.1, 0.15) is 42.7 Å². The zero-order chi connectivity index (χ0) is 26.2. The Hall–Kier alpha value is -3.49. The summed E-state index contributed by atoms with van der Waals surface area (Å²) < 4.78 is 11.1. The molecule has 6 rings (SSSR count). The Labute approximate surface area is 222 Å². The normalized spacial score (nSPS) is 21.5. The summed E-state index contributed by atoms with van der Waals surface area (Å²) in [5.74, 6) is 0.223. The second-order valence-corrected chi connectivity index (χ2v) is 10.7. The Balaban J connectivity index is 1.12. The molecule has 2 saturated heterocycles. The number of aromatic nitrogens is 4. The highest BCUT2D eigenvalue weighted by molar-refractivity contribution is 5.69. The molecule has 2 unspecified atom stereocenters. The van der Waals surface area contributed by atoms with Gasteiger partial charge >= 0.3 is 5.69 Å². The van der Waals surface area contributed by atoms with Crippen LogP contribution in [0.4, 0.5) is 0 Å². The van der Waals surface area contributed by atoms with E-state index in [1.54, 1.807) is 13.4 Å². The molecule has 4 aromatic rings. The average Bonchev–Trinajstić information content (AvgIpc) is 3.48. The molecule has 2 aliphatic rings. The van der Waals surface area contributed by atoms with Crippen molar-refractivity contribution in [2.75, 3.05) is 13.2 Å². The second-order valence-electron chi connectivity index (χ2n) is 10.7. The lowest BCUT2D eigenvalue weighted by Gasteiger charge is -2.39. The summed E-state index contributed by atoms with van der Waals surface area (Å²) in [6, 6.07) is 22.3. The van der Waals surface area contributed by atoms with Gasteiger partial charge in [0, 0.05) is 45.2 Å². The van der Waals surface area contributed by atoms with Gasteiger partial charge in [-0.05, 0) is 36.8 Å². The molecule has 8 nitrogen and oxygen atoms in total. The first-order valence-electron chi connectivity index (χ1n) is 13.6. The van der Waals surface area contributed by atoms with E-state index in [0.717, 1.165) is 24.0 Å². The number of imidazole rings is 1. The minimum absolute atomic E-state index is 0.223. The van der Waals surface area contributed by atoms with Gasteiger partial charge < -0.3 is 9.30 Å². The lowest BCUT2D eigenvalue weighted by molar-refractivity contribution is -0.0230. The lowest BCUT2D eigenvalue weighted by Crippen LogP contribution is -2.47. The smallest absolute Gasteiger partial charge is 0.332 e. The van der Waals surface area contributed by atoms with Crippen molar-refractivity contribution < 1.29 is 4.74 Å². The molecule has 8 heteroatoms. The molecule has 0 radical (unpaired) electrons. The predicted molar refractivity (Wildman–Crippen MR) is 147 cm³/mol. The molecule has 0 aliphatic carbocycles. The fraction of sp³-hybridized carbons (Fsp3) is 0.433. The van der Waals surface area contributed by atoms with Crippen LogP contribution in [0.2, 0.25) is 0 Å². The SMILES string of the molecule is Cn1c(=O)c2c(ncn2CCN2C3CCC2CC(OCC(c2ccccc2)c2ccccc2)C3)n(C)c1=O. The first-order chi connectivity index (χ1) is 18.5. The van der Waals surface area contributed by atoms with Crippen molar-refractivity contribution in [3.05, 3.63) is 99.0 Å². The Bertz CT molecular complexity index is 1470. The second kappa shape index (κ2) is 10.3. The zero-order valence-corrected chi connectivity index (χ0v) is 22.1. The Morgan fingerprint density at radius 2 is 1.47 bits per heavy atom. The van der Waals surface area contributed by atoms with Gasteiger partial charge in [0.25, 0.3) is 5.56 Å². The topological polar surface area (TPSA) is 74.3 Å². The molecule has 2 aromatic carbocycles. The van der Waals surface area contributed by atoms with Gasteiger partial charge in [-0.1, -0.05) is 60.7 Å². The van der Waals surface area contributed by atoms with Crippen LogP contribution >= 0.6 is 0 Å². The van der Waals surface area contributed by atoms with Gasteiger partial charge in [0.05, 0.1) is 19.0 Å². The third-order valence-corrected chi connectivity index (χ3v) is 8.56. The van der Waals surface area contributed by atoms with Crippen LogP contribution in [0.25, 0.3) is 11.2 Å². The standard InChI is InChI=1S/C30H35N5O3/c1-32-28-27(29(36)33(2)30(32)37)34(20-31-28)15-16-35-23-13-14-24(35)18-25(17-23)38-19-26(21-9-5-3-6-10-21)22-11-7-4-8-12-22/h3-12,20,23-26H,13-19H2,1-2H3. The number of aryl methyl sites for hydroxylation is 1. The van der Waals surface area contributed by atoms with Crippen molar-refractivity contribution in [2.24, 2.45) is 14.1 Å². The number of rotatable bonds is 8. The molecule has 0 spiro atoms. The third-order valence-electron chi connectivity index (χ3n) is 8.56. The van der Waals surface area contributed by atoms with Crippen molar-refractivity contribution in [1.29, 1.82) is 0 Å². The number of benzene rings is 2. The molecule has 4 heterocycles. The van der Waals surface area contributed by atoms with Gasteiger partial charge in [0.2, 0.25) is 0 Å². The van der Waals surface area contributed by atoms with Gasteiger partial charge in [0.15, 0.2) is 11.2 Å². The molecule has 2 aliphatic heterocycles. The average molecular weight is 514 g/mol. The van der Waals surface area contributed by atoms with Gasteiger partial charge in [-0.25, -0.2) is 9.78 Å². The molecular weight excluding hydrogens is 478 g/mol. The van der Waals surface area contributed by atoms with Crippen molar-refractivity contribution in [3.63, 3.8) is 0 Å². The van der Waals surface area contributed by atoms with Crippen LogP contribution in [0.15, 0.2) is 76.6 Å². The van der Waals surface area contributed by atoms with Crippen molar-refractivity contribution >= 4 is 11.2 Å². The Morgan fingerprint density at radius 3 is 2.08 bits per heavy atom. The fourth-order valence-electron chi connectivity index (χ4n) is 6.50. The van der Waals surface area contributed by atoms with Crippen LogP contribution in [0.5, 0.6) is 0 Å². The first-order valence-corrected chi connectivity index (χ1v) is 13.6. The summed E-state index contributed by atoms with van der Waals surface area (Å²) in [5, 5.41) is 0. The number of fused-ring (bicyclic) bond motifs is 3. The summed E-state index contributed by atoms with van der Waals surface area (Å²) in [6.07, 6.45) is 6.39. The number of hydrogen-bond acceptors (Lipinski definition) is 5. The van der Waals surface area contributed by atoms with Gasteiger partial charge in [-0.2, -0.15) is 0 Å². The van der Waals surface area contributed by atoms with Crippen LogP contribution in [-0.4, -0.2) is 54.9 Å². The van der Waals surface area contributed by atoms with E-state index in [4.69, 9.17) is 4.74 Å². The number of ether oxygens (including phenoxy) is 1. The molecule has 2 fully saturated rings. The van der Waals surface area contributed by atoms with Crippen LogP contribution in [0.3, 0.4) is 0 Å².